The summed E-state index contributed by atoms with van der Waals surface area (Å²) in [5.74, 6) is -1.13. The van der Waals surface area contributed by atoms with Crippen LogP contribution in [0.4, 0.5) is 16.2 Å². The van der Waals surface area contributed by atoms with E-state index in [1.165, 1.54) is 4.90 Å². The zero-order valence-electron chi connectivity index (χ0n) is 18.4. The Labute approximate surface area is 187 Å². The first kappa shape index (κ1) is 23.0. The van der Waals surface area contributed by atoms with Crippen LogP contribution < -0.4 is 10.2 Å². The molecule has 1 aliphatic heterocycles. The first-order valence-corrected chi connectivity index (χ1v) is 10.6. The summed E-state index contributed by atoms with van der Waals surface area (Å²) in [7, 11) is 0. The number of rotatable bonds is 8. The number of esters is 1. The normalized spacial score (nSPS) is 15.9. The minimum atomic E-state index is -0.885. The number of carbonyl (C=O) groups is 4. The molecule has 1 fully saturated rings. The number of hydrogen-bond donors (Lipinski definition) is 1. The summed E-state index contributed by atoms with van der Waals surface area (Å²) >= 11 is 0. The molecule has 2 aromatic carbocycles. The number of carbonyl (C=O) groups excluding carboxylic acids is 4. The fraction of sp³-hybridized carbons (Fsp3) is 0.333. The van der Waals surface area contributed by atoms with Crippen molar-refractivity contribution in [2.75, 3.05) is 23.4 Å². The zero-order valence-corrected chi connectivity index (χ0v) is 18.4. The predicted molar refractivity (Wildman–Crippen MR) is 120 cm³/mol. The van der Waals surface area contributed by atoms with Crippen molar-refractivity contribution in [1.82, 2.24) is 4.90 Å². The molecule has 8 nitrogen and oxygen atoms in total. The van der Waals surface area contributed by atoms with Gasteiger partial charge >= 0.3 is 12.0 Å². The van der Waals surface area contributed by atoms with Gasteiger partial charge < -0.3 is 15.0 Å². The van der Waals surface area contributed by atoms with Crippen LogP contribution in [0.2, 0.25) is 0 Å². The van der Waals surface area contributed by atoms with Crippen LogP contribution in [0.25, 0.3) is 0 Å². The van der Waals surface area contributed by atoms with Gasteiger partial charge in [0.25, 0.3) is 5.91 Å². The van der Waals surface area contributed by atoms with Gasteiger partial charge in [-0.1, -0.05) is 32.0 Å². The maximum Gasteiger partial charge on any atom is 0.338 e. The highest BCUT2D eigenvalue weighted by Crippen LogP contribution is 2.27. The Balaban J connectivity index is 1.73. The van der Waals surface area contributed by atoms with E-state index < -0.39 is 29.9 Å². The highest BCUT2D eigenvalue weighted by molar-refractivity contribution is 6.22. The zero-order chi connectivity index (χ0) is 23.3. The van der Waals surface area contributed by atoms with E-state index in [1.54, 1.807) is 61.5 Å². The molecule has 0 saturated carbocycles. The van der Waals surface area contributed by atoms with Crippen LogP contribution >= 0.6 is 0 Å². The van der Waals surface area contributed by atoms with E-state index >= 15 is 0 Å². The minimum Gasteiger partial charge on any atom is -0.462 e. The summed E-state index contributed by atoms with van der Waals surface area (Å²) in [4.78, 5) is 53.2. The molecule has 0 radical (unpaired) electrons. The Morgan fingerprint density at radius 3 is 2.28 bits per heavy atom. The van der Waals surface area contributed by atoms with E-state index in [2.05, 4.69) is 5.32 Å². The lowest BCUT2D eigenvalue weighted by Gasteiger charge is -2.23. The average molecular weight is 437 g/mol. The molecule has 1 atom stereocenters. The lowest BCUT2D eigenvalue weighted by molar-refractivity contribution is -0.124. The molecule has 0 aromatic heterocycles. The number of amides is 4. The molecule has 1 N–H and O–H groups in total. The molecular formula is C24H27N3O5. The second-order valence-corrected chi connectivity index (χ2v) is 7.90. The van der Waals surface area contributed by atoms with Crippen molar-refractivity contribution in [1.29, 1.82) is 0 Å². The number of imide groups is 1. The van der Waals surface area contributed by atoms with Gasteiger partial charge in [-0.3, -0.25) is 9.59 Å². The smallest absolute Gasteiger partial charge is 0.338 e. The summed E-state index contributed by atoms with van der Waals surface area (Å²) in [5, 5.41) is 2.73. The van der Waals surface area contributed by atoms with E-state index in [0.29, 0.717) is 23.5 Å². The van der Waals surface area contributed by atoms with Crippen LogP contribution in [0.3, 0.4) is 0 Å². The van der Waals surface area contributed by atoms with Crippen molar-refractivity contribution in [3.63, 3.8) is 0 Å². The summed E-state index contributed by atoms with van der Waals surface area (Å²) in [6.45, 7) is 6.26. The topological polar surface area (TPSA) is 96.0 Å². The van der Waals surface area contributed by atoms with Crippen molar-refractivity contribution >= 4 is 35.2 Å². The van der Waals surface area contributed by atoms with E-state index in [4.69, 9.17) is 4.74 Å². The third kappa shape index (κ3) is 5.14. The summed E-state index contributed by atoms with van der Waals surface area (Å²) < 4.78 is 4.94. The van der Waals surface area contributed by atoms with Gasteiger partial charge in [0.05, 0.1) is 24.3 Å². The van der Waals surface area contributed by atoms with Crippen LogP contribution in [0, 0.1) is 5.92 Å². The van der Waals surface area contributed by atoms with Crippen molar-refractivity contribution in [2.45, 2.75) is 33.2 Å². The summed E-state index contributed by atoms with van der Waals surface area (Å²) in [6.07, 6.45) is -0.166. The molecule has 4 amide bonds. The third-order valence-electron chi connectivity index (χ3n) is 4.95. The Kier molecular flexibility index (Phi) is 7.25. The van der Waals surface area contributed by atoms with E-state index in [1.807, 2.05) is 13.8 Å². The van der Waals surface area contributed by atoms with Crippen molar-refractivity contribution in [3.05, 3.63) is 60.2 Å². The quantitative estimate of drug-likeness (QED) is 0.502. The number of para-hydroxylation sites is 1. The molecule has 0 aliphatic carbocycles. The number of nitrogens with zero attached hydrogens (tertiary/aromatic N) is 2. The van der Waals surface area contributed by atoms with Gasteiger partial charge in [-0.15, -0.1) is 0 Å². The number of benzene rings is 2. The molecular weight excluding hydrogens is 410 g/mol. The van der Waals surface area contributed by atoms with Gasteiger partial charge in [-0.2, -0.15) is 0 Å². The highest BCUT2D eigenvalue weighted by Gasteiger charge is 2.46. The average Bonchev–Trinajstić information content (AvgIpc) is 2.98. The number of ether oxygens (including phenoxy) is 1. The van der Waals surface area contributed by atoms with Gasteiger partial charge in [0.1, 0.15) is 6.04 Å². The molecule has 168 valence electrons. The molecule has 32 heavy (non-hydrogen) atoms. The SMILES string of the molecule is CCOC(=O)c1ccc(NC(=O)C[C@H]2C(=O)N(c3ccccc3)C(=O)N2CC(C)C)cc1. The largest absolute Gasteiger partial charge is 0.462 e. The highest BCUT2D eigenvalue weighted by atomic mass is 16.5. The Bertz CT molecular complexity index is 988. The van der Waals surface area contributed by atoms with Gasteiger partial charge in [-0.05, 0) is 49.2 Å². The second-order valence-electron chi connectivity index (χ2n) is 7.90. The second kappa shape index (κ2) is 10.1. The fourth-order valence-electron chi connectivity index (χ4n) is 3.54. The van der Waals surface area contributed by atoms with Crippen molar-refractivity contribution in [2.24, 2.45) is 5.92 Å². The molecule has 0 spiro atoms. The van der Waals surface area contributed by atoms with Gasteiger partial charge in [-0.25, -0.2) is 14.5 Å². The number of anilines is 2. The maximum atomic E-state index is 13.1. The number of nitrogens with one attached hydrogen (secondary N) is 1. The molecule has 1 aliphatic rings. The van der Waals surface area contributed by atoms with Gasteiger partial charge in [0.15, 0.2) is 0 Å². The monoisotopic (exact) mass is 437 g/mol. The lowest BCUT2D eigenvalue weighted by atomic mass is 10.1. The number of urea groups is 1. The van der Waals surface area contributed by atoms with Crippen LogP contribution in [0.15, 0.2) is 54.6 Å². The molecule has 3 rings (SSSR count). The van der Waals surface area contributed by atoms with Crippen molar-refractivity contribution < 1.29 is 23.9 Å². The molecule has 0 bridgehead atoms. The fourth-order valence-corrected chi connectivity index (χ4v) is 3.54. The van der Waals surface area contributed by atoms with Gasteiger partial charge in [0, 0.05) is 12.2 Å². The van der Waals surface area contributed by atoms with Crippen LogP contribution in [0.5, 0.6) is 0 Å². The summed E-state index contributed by atoms with van der Waals surface area (Å²) in [6, 6.07) is 13.7. The standard InChI is InChI=1S/C24H27N3O5/c1-4-32-23(30)17-10-12-18(13-11-17)25-21(28)14-20-22(29)27(19-8-6-5-7-9-19)24(31)26(20)15-16(2)3/h5-13,16,20H,4,14-15H2,1-3H3,(H,25,28)/t20-/m0/s1. The number of hydrogen-bond acceptors (Lipinski definition) is 5. The summed E-state index contributed by atoms with van der Waals surface area (Å²) in [5.41, 5.74) is 1.34. The Hall–Kier alpha value is -3.68. The first-order chi connectivity index (χ1) is 15.3. The Morgan fingerprint density at radius 1 is 1.03 bits per heavy atom. The molecule has 2 aromatic rings. The van der Waals surface area contributed by atoms with Crippen LogP contribution in [-0.4, -0.2) is 47.9 Å². The van der Waals surface area contributed by atoms with E-state index in [-0.39, 0.29) is 18.9 Å². The van der Waals surface area contributed by atoms with Crippen LogP contribution in [0.1, 0.15) is 37.6 Å². The predicted octanol–water partition coefficient (Wildman–Crippen LogP) is 3.69. The Morgan fingerprint density at radius 2 is 1.69 bits per heavy atom. The third-order valence-corrected chi connectivity index (χ3v) is 4.95. The van der Waals surface area contributed by atoms with Crippen LogP contribution in [-0.2, 0) is 14.3 Å². The van der Waals surface area contributed by atoms with Crippen molar-refractivity contribution in [3.8, 4) is 0 Å². The molecule has 1 heterocycles. The molecule has 1 saturated heterocycles. The van der Waals surface area contributed by atoms with E-state index in [9.17, 15) is 19.2 Å². The first-order valence-electron chi connectivity index (χ1n) is 10.6. The minimum absolute atomic E-state index is 0.128. The lowest BCUT2D eigenvalue weighted by Crippen LogP contribution is -2.40. The molecule has 8 heteroatoms. The van der Waals surface area contributed by atoms with E-state index in [0.717, 1.165) is 4.90 Å². The van der Waals surface area contributed by atoms with Gasteiger partial charge in [0.2, 0.25) is 5.91 Å². The molecule has 0 unspecified atom stereocenters. The maximum absolute atomic E-state index is 13.1.